The van der Waals surface area contributed by atoms with Crippen molar-refractivity contribution in [2.24, 2.45) is 0 Å². The quantitative estimate of drug-likeness (QED) is 0.853. The van der Waals surface area contributed by atoms with Crippen molar-refractivity contribution in [1.29, 1.82) is 0 Å². The van der Waals surface area contributed by atoms with Crippen molar-refractivity contribution in [3.8, 4) is 0 Å². The van der Waals surface area contributed by atoms with Crippen LogP contribution in [0.1, 0.15) is 25.5 Å². The molecule has 0 bridgehead atoms. The molecule has 17 heavy (non-hydrogen) atoms. The van der Waals surface area contributed by atoms with Crippen LogP contribution in [-0.4, -0.2) is 16.5 Å². The second kappa shape index (κ2) is 5.63. The van der Waals surface area contributed by atoms with E-state index < -0.39 is 0 Å². The van der Waals surface area contributed by atoms with Gasteiger partial charge in [0, 0.05) is 12.7 Å². The fourth-order valence-electron chi connectivity index (χ4n) is 1.51. The Morgan fingerprint density at radius 3 is 3.00 bits per heavy atom. The van der Waals surface area contributed by atoms with Crippen molar-refractivity contribution in [3.05, 3.63) is 34.7 Å². The highest BCUT2D eigenvalue weighted by atomic mass is 32.1. The van der Waals surface area contributed by atoms with E-state index in [0.717, 1.165) is 12.4 Å². The molecule has 0 radical (unpaired) electrons. The summed E-state index contributed by atoms with van der Waals surface area (Å²) in [6.45, 7) is 4.97. The van der Waals surface area contributed by atoms with E-state index in [4.69, 9.17) is 0 Å². The highest BCUT2D eigenvalue weighted by Gasteiger charge is 2.06. The third-order valence-corrected chi connectivity index (χ3v) is 3.10. The van der Waals surface area contributed by atoms with Gasteiger partial charge in [-0.3, -0.25) is 0 Å². The van der Waals surface area contributed by atoms with Crippen LogP contribution in [0.4, 0.5) is 11.8 Å². The lowest BCUT2D eigenvalue weighted by atomic mass is 10.2. The van der Waals surface area contributed by atoms with Gasteiger partial charge in [-0.25, -0.2) is 4.98 Å². The van der Waals surface area contributed by atoms with E-state index in [0.29, 0.717) is 5.95 Å². The molecular weight excluding hydrogens is 232 g/mol. The zero-order valence-corrected chi connectivity index (χ0v) is 10.8. The van der Waals surface area contributed by atoms with Gasteiger partial charge in [-0.1, -0.05) is 0 Å². The van der Waals surface area contributed by atoms with Crippen molar-refractivity contribution < 1.29 is 0 Å². The van der Waals surface area contributed by atoms with Crippen molar-refractivity contribution in [1.82, 2.24) is 9.97 Å². The van der Waals surface area contributed by atoms with E-state index in [1.807, 2.05) is 13.0 Å². The Bertz CT molecular complexity index is 455. The minimum absolute atomic E-state index is 0.255. The Labute approximate surface area is 105 Å². The van der Waals surface area contributed by atoms with Crippen molar-refractivity contribution in [2.75, 3.05) is 17.2 Å². The summed E-state index contributed by atoms with van der Waals surface area (Å²) in [5.41, 5.74) is 1.28. The predicted octanol–water partition coefficient (Wildman–Crippen LogP) is 3.14. The van der Waals surface area contributed by atoms with Gasteiger partial charge in [0.15, 0.2) is 0 Å². The molecule has 0 aliphatic carbocycles. The van der Waals surface area contributed by atoms with Crippen LogP contribution < -0.4 is 10.6 Å². The molecule has 4 nitrogen and oxygen atoms in total. The summed E-state index contributed by atoms with van der Waals surface area (Å²) in [4.78, 5) is 8.52. The SMILES string of the molecule is CCNc1nccc(NC(C)c2ccsc2)n1. The van der Waals surface area contributed by atoms with Crippen LogP contribution in [0.15, 0.2) is 29.1 Å². The molecular formula is C12H16N4S. The van der Waals surface area contributed by atoms with E-state index in [1.165, 1.54) is 5.56 Å². The first-order valence-corrected chi connectivity index (χ1v) is 6.59. The topological polar surface area (TPSA) is 49.8 Å². The zero-order valence-electron chi connectivity index (χ0n) is 9.97. The van der Waals surface area contributed by atoms with Gasteiger partial charge in [0.1, 0.15) is 5.82 Å². The van der Waals surface area contributed by atoms with Crippen molar-refractivity contribution in [2.45, 2.75) is 19.9 Å². The maximum absolute atomic E-state index is 4.38. The standard InChI is InChI=1S/C12H16N4S/c1-3-13-12-14-6-4-11(16-12)15-9(2)10-5-7-17-8-10/h4-9H,3H2,1-2H3,(H2,13,14,15,16). The number of nitrogens with one attached hydrogen (secondary N) is 2. The molecule has 0 saturated heterocycles. The highest BCUT2D eigenvalue weighted by molar-refractivity contribution is 7.07. The molecule has 0 aliphatic heterocycles. The van der Waals surface area contributed by atoms with E-state index in [-0.39, 0.29) is 6.04 Å². The van der Waals surface area contributed by atoms with Crippen LogP contribution >= 0.6 is 11.3 Å². The first kappa shape index (κ1) is 11.9. The van der Waals surface area contributed by atoms with E-state index >= 15 is 0 Å². The number of hydrogen-bond donors (Lipinski definition) is 2. The Kier molecular flexibility index (Phi) is 3.93. The maximum atomic E-state index is 4.38. The van der Waals surface area contributed by atoms with Gasteiger partial charge in [0.25, 0.3) is 0 Å². The van der Waals surface area contributed by atoms with Gasteiger partial charge in [-0.15, -0.1) is 0 Å². The molecule has 0 aromatic carbocycles. The fourth-order valence-corrected chi connectivity index (χ4v) is 2.26. The molecule has 2 aromatic rings. The normalized spacial score (nSPS) is 12.1. The molecule has 1 atom stereocenters. The minimum Gasteiger partial charge on any atom is -0.363 e. The van der Waals surface area contributed by atoms with Crippen LogP contribution in [-0.2, 0) is 0 Å². The van der Waals surface area contributed by atoms with Gasteiger partial charge in [-0.2, -0.15) is 16.3 Å². The van der Waals surface area contributed by atoms with Crippen molar-refractivity contribution >= 4 is 23.1 Å². The van der Waals surface area contributed by atoms with Crippen LogP contribution in [0.2, 0.25) is 0 Å². The monoisotopic (exact) mass is 248 g/mol. The third kappa shape index (κ3) is 3.17. The van der Waals surface area contributed by atoms with E-state index in [1.54, 1.807) is 17.5 Å². The summed E-state index contributed by atoms with van der Waals surface area (Å²) in [5, 5.41) is 10.7. The first-order valence-electron chi connectivity index (χ1n) is 5.65. The lowest BCUT2D eigenvalue weighted by molar-refractivity contribution is 0.877. The second-order valence-electron chi connectivity index (χ2n) is 3.72. The average molecular weight is 248 g/mol. The number of rotatable bonds is 5. The Morgan fingerprint density at radius 2 is 2.29 bits per heavy atom. The molecule has 90 valence electrons. The molecule has 2 rings (SSSR count). The molecule has 0 fully saturated rings. The number of hydrogen-bond acceptors (Lipinski definition) is 5. The van der Waals surface area contributed by atoms with E-state index in [9.17, 15) is 0 Å². The summed E-state index contributed by atoms with van der Waals surface area (Å²) < 4.78 is 0. The fraction of sp³-hybridized carbons (Fsp3) is 0.333. The number of nitrogens with zero attached hydrogens (tertiary/aromatic N) is 2. The number of thiophene rings is 1. The average Bonchev–Trinajstić information content (AvgIpc) is 2.83. The molecule has 2 N–H and O–H groups in total. The number of aromatic nitrogens is 2. The minimum atomic E-state index is 0.255. The molecule has 2 heterocycles. The van der Waals surface area contributed by atoms with Gasteiger partial charge in [-0.05, 0) is 42.3 Å². The molecule has 0 aliphatic rings. The van der Waals surface area contributed by atoms with Crippen LogP contribution in [0.5, 0.6) is 0 Å². The maximum Gasteiger partial charge on any atom is 0.224 e. The van der Waals surface area contributed by atoms with Crippen molar-refractivity contribution in [3.63, 3.8) is 0 Å². The molecule has 5 heteroatoms. The zero-order chi connectivity index (χ0) is 12.1. The lowest BCUT2D eigenvalue weighted by Gasteiger charge is -2.13. The predicted molar refractivity (Wildman–Crippen MR) is 72.6 cm³/mol. The Morgan fingerprint density at radius 1 is 1.41 bits per heavy atom. The van der Waals surface area contributed by atoms with Gasteiger partial charge in [0.05, 0.1) is 6.04 Å². The van der Waals surface area contributed by atoms with E-state index in [2.05, 4.69) is 44.4 Å². The third-order valence-electron chi connectivity index (χ3n) is 2.40. The molecule has 2 aromatic heterocycles. The molecule has 0 saturated carbocycles. The molecule has 0 amide bonds. The summed E-state index contributed by atoms with van der Waals surface area (Å²) in [7, 11) is 0. The Balaban J connectivity index is 2.05. The van der Waals surface area contributed by atoms with Gasteiger partial charge >= 0.3 is 0 Å². The van der Waals surface area contributed by atoms with Gasteiger partial charge < -0.3 is 10.6 Å². The molecule has 0 spiro atoms. The van der Waals surface area contributed by atoms with Crippen LogP contribution in [0.25, 0.3) is 0 Å². The summed E-state index contributed by atoms with van der Waals surface area (Å²) >= 11 is 1.70. The first-order chi connectivity index (χ1) is 8.29. The smallest absolute Gasteiger partial charge is 0.224 e. The van der Waals surface area contributed by atoms with Crippen LogP contribution in [0, 0.1) is 0 Å². The van der Waals surface area contributed by atoms with Gasteiger partial charge in [0.2, 0.25) is 5.95 Å². The number of anilines is 2. The Hall–Kier alpha value is -1.62. The largest absolute Gasteiger partial charge is 0.363 e. The molecule has 1 unspecified atom stereocenters. The summed E-state index contributed by atoms with van der Waals surface area (Å²) in [6.07, 6.45) is 1.76. The summed E-state index contributed by atoms with van der Waals surface area (Å²) in [6, 6.07) is 4.25. The summed E-state index contributed by atoms with van der Waals surface area (Å²) in [5.74, 6) is 1.50. The lowest BCUT2D eigenvalue weighted by Crippen LogP contribution is -2.09. The second-order valence-corrected chi connectivity index (χ2v) is 4.50. The van der Waals surface area contributed by atoms with Crippen LogP contribution in [0.3, 0.4) is 0 Å². The highest BCUT2D eigenvalue weighted by Crippen LogP contribution is 2.20.